The van der Waals surface area contributed by atoms with Crippen molar-refractivity contribution < 1.29 is 28.2 Å². The first-order valence-electron chi connectivity index (χ1n) is 14.1. The minimum atomic E-state index is -0.0714. The third kappa shape index (κ3) is 8.22. The van der Waals surface area contributed by atoms with Crippen LogP contribution in [-0.2, 0) is 27.3 Å². The molecule has 0 atom stereocenters. The molecule has 2 amide bonds. The van der Waals surface area contributed by atoms with Crippen LogP contribution in [0.5, 0.6) is 11.5 Å². The van der Waals surface area contributed by atoms with E-state index >= 15 is 0 Å². The van der Waals surface area contributed by atoms with Crippen LogP contribution in [0.1, 0.15) is 42.8 Å². The molecule has 2 heterocycles. The molecule has 1 aromatic carbocycles. The van der Waals surface area contributed by atoms with Gasteiger partial charge in [-0.1, -0.05) is 18.9 Å². The molecule has 9 nitrogen and oxygen atoms in total. The summed E-state index contributed by atoms with van der Waals surface area (Å²) in [5.74, 6) is 2.93. The molecular formula is C30H43N3O6. The summed E-state index contributed by atoms with van der Waals surface area (Å²) >= 11 is 0. The van der Waals surface area contributed by atoms with E-state index < -0.39 is 0 Å². The Kier molecular flexibility index (Phi) is 10.7. The lowest BCUT2D eigenvalue weighted by Gasteiger charge is -2.32. The Morgan fingerprint density at radius 1 is 0.974 bits per heavy atom. The number of hydrogen-bond acceptors (Lipinski definition) is 7. The number of carbonyl (C=O) groups is 2. The van der Waals surface area contributed by atoms with Crippen LogP contribution in [0.15, 0.2) is 34.7 Å². The molecule has 2 aromatic rings. The van der Waals surface area contributed by atoms with Crippen LogP contribution in [0.4, 0.5) is 0 Å². The van der Waals surface area contributed by atoms with Crippen molar-refractivity contribution >= 4 is 11.8 Å². The molecule has 214 valence electrons. The second-order valence-electron chi connectivity index (χ2n) is 10.5. The van der Waals surface area contributed by atoms with E-state index in [1.165, 1.54) is 0 Å². The van der Waals surface area contributed by atoms with Gasteiger partial charge in [0.05, 0.1) is 40.5 Å². The fraction of sp³-hybridized carbons (Fsp3) is 0.600. The Bertz CT molecular complexity index is 1070. The van der Waals surface area contributed by atoms with E-state index in [9.17, 15) is 9.59 Å². The van der Waals surface area contributed by atoms with E-state index in [1.54, 1.807) is 24.0 Å². The van der Waals surface area contributed by atoms with Gasteiger partial charge in [0.25, 0.3) is 0 Å². The van der Waals surface area contributed by atoms with Crippen molar-refractivity contribution in [1.82, 2.24) is 14.7 Å². The van der Waals surface area contributed by atoms with Crippen LogP contribution >= 0.6 is 0 Å². The van der Waals surface area contributed by atoms with Crippen LogP contribution in [0.3, 0.4) is 0 Å². The molecule has 1 aliphatic carbocycles. The lowest BCUT2D eigenvalue weighted by atomic mass is 10.1. The van der Waals surface area contributed by atoms with Crippen LogP contribution < -0.4 is 9.47 Å². The van der Waals surface area contributed by atoms with Crippen molar-refractivity contribution in [2.24, 2.45) is 5.92 Å². The van der Waals surface area contributed by atoms with E-state index in [0.717, 1.165) is 62.4 Å². The molecule has 1 aromatic heterocycles. The highest BCUT2D eigenvalue weighted by atomic mass is 16.5. The molecule has 1 aliphatic heterocycles. The van der Waals surface area contributed by atoms with Gasteiger partial charge in [0.2, 0.25) is 11.8 Å². The fourth-order valence-corrected chi connectivity index (χ4v) is 5.40. The van der Waals surface area contributed by atoms with E-state index in [0.29, 0.717) is 50.8 Å². The number of hydrogen-bond donors (Lipinski definition) is 0. The molecule has 2 fully saturated rings. The Morgan fingerprint density at radius 2 is 1.72 bits per heavy atom. The largest absolute Gasteiger partial charge is 0.493 e. The van der Waals surface area contributed by atoms with Crippen LogP contribution in [0, 0.1) is 12.8 Å². The number of nitrogens with zero attached hydrogens (tertiary/aromatic N) is 3. The third-order valence-corrected chi connectivity index (χ3v) is 7.75. The zero-order valence-corrected chi connectivity index (χ0v) is 23.7. The van der Waals surface area contributed by atoms with Gasteiger partial charge in [0, 0.05) is 38.6 Å². The van der Waals surface area contributed by atoms with E-state index in [-0.39, 0.29) is 24.3 Å². The van der Waals surface area contributed by atoms with Crippen LogP contribution in [0.2, 0.25) is 0 Å². The van der Waals surface area contributed by atoms with E-state index in [2.05, 4.69) is 4.90 Å². The first kappa shape index (κ1) is 29.0. The predicted molar refractivity (Wildman–Crippen MR) is 148 cm³/mol. The maximum Gasteiger partial charge on any atom is 0.242 e. The van der Waals surface area contributed by atoms with Gasteiger partial charge in [-0.05, 0) is 56.0 Å². The highest BCUT2D eigenvalue weighted by Crippen LogP contribution is 2.28. The first-order valence-corrected chi connectivity index (χ1v) is 14.1. The summed E-state index contributed by atoms with van der Waals surface area (Å²) in [6.45, 7) is 7.24. The van der Waals surface area contributed by atoms with Crippen molar-refractivity contribution in [3.05, 3.63) is 47.4 Å². The Balaban J connectivity index is 1.47. The Morgan fingerprint density at radius 3 is 2.38 bits per heavy atom. The third-order valence-electron chi connectivity index (χ3n) is 7.75. The maximum atomic E-state index is 13.8. The molecule has 0 bridgehead atoms. The summed E-state index contributed by atoms with van der Waals surface area (Å²) in [5, 5.41) is 0. The number of aryl methyl sites for hydroxylation is 1. The molecule has 39 heavy (non-hydrogen) atoms. The summed E-state index contributed by atoms with van der Waals surface area (Å²) in [4.78, 5) is 33.2. The number of benzene rings is 1. The van der Waals surface area contributed by atoms with Gasteiger partial charge >= 0.3 is 0 Å². The van der Waals surface area contributed by atoms with Crippen LogP contribution in [-0.4, -0.2) is 93.2 Å². The summed E-state index contributed by atoms with van der Waals surface area (Å²) in [6.07, 6.45) is 4.62. The SMILES string of the molecule is COc1ccc(CCN(Cc2ccc(C)o2)C(=O)CN(CCN2CCOCC2)C(=O)C2CCCC2)cc1OC. The zero-order valence-electron chi connectivity index (χ0n) is 23.7. The highest BCUT2D eigenvalue weighted by molar-refractivity contribution is 5.86. The minimum absolute atomic E-state index is 0.0235. The lowest BCUT2D eigenvalue weighted by Crippen LogP contribution is -2.48. The van der Waals surface area contributed by atoms with Crippen LogP contribution in [0.25, 0.3) is 0 Å². The second-order valence-corrected chi connectivity index (χ2v) is 10.5. The molecule has 1 saturated heterocycles. The molecule has 0 radical (unpaired) electrons. The average molecular weight is 542 g/mol. The fourth-order valence-electron chi connectivity index (χ4n) is 5.40. The summed E-state index contributed by atoms with van der Waals surface area (Å²) in [6, 6.07) is 9.62. The number of morpholine rings is 1. The smallest absolute Gasteiger partial charge is 0.242 e. The topological polar surface area (TPSA) is 84.7 Å². The zero-order chi connectivity index (χ0) is 27.6. The normalized spacial score (nSPS) is 16.3. The number of amides is 2. The first-order chi connectivity index (χ1) is 19.0. The monoisotopic (exact) mass is 541 g/mol. The standard InChI is InChI=1S/C30H43N3O6/c1-23-8-10-26(39-23)21-32(13-12-24-9-11-27(36-2)28(20-24)37-3)29(34)22-33(30(35)25-6-4-5-7-25)15-14-31-16-18-38-19-17-31/h8-11,20,25H,4-7,12-19,21-22H2,1-3H3. The lowest BCUT2D eigenvalue weighted by molar-refractivity contribution is -0.143. The van der Waals surface area contributed by atoms with Gasteiger partial charge in [0.1, 0.15) is 11.5 Å². The van der Waals surface area contributed by atoms with Gasteiger partial charge in [-0.15, -0.1) is 0 Å². The molecule has 0 N–H and O–H groups in total. The number of furan rings is 1. The summed E-state index contributed by atoms with van der Waals surface area (Å²) < 4.78 is 22.1. The Labute approximate surface area is 232 Å². The van der Waals surface area contributed by atoms with Gasteiger partial charge in [0.15, 0.2) is 11.5 Å². The number of rotatable bonds is 13. The molecule has 0 spiro atoms. The number of ether oxygens (including phenoxy) is 3. The quantitative estimate of drug-likeness (QED) is 0.384. The molecule has 4 rings (SSSR count). The van der Waals surface area contributed by atoms with Crippen molar-refractivity contribution in [2.45, 2.75) is 45.6 Å². The van der Waals surface area contributed by atoms with Crippen molar-refractivity contribution in [2.75, 3.05) is 66.7 Å². The van der Waals surface area contributed by atoms with Crippen molar-refractivity contribution in [3.63, 3.8) is 0 Å². The molecule has 9 heteroatoms. The molecule has 2 aliphatic rings. The molecular weight excluding hydrogens is 498 g/mol. The predicted octanol–water partition coefficient (Wildman–Crippen LogP) is 3.53. The minimum Gasteiger partial charge on any atom is -0.493 e. The van der Waals surface area contributed by atoms with Crippen molar-refractivity contribution in [1.29, 1.82) is 0 Å². The molecule has 0 unspecified atom stereocenters. The van der Waals surface area contributed by atoms with Crippen molar-refractivity contribution in [3.8, 4) is 11.5 Å². The van der Waals surface area contributed by atoms with E-state index in [1.807, 2.05) is 37.3 Å². The molecule has 1 saturated carbocycles. The van der Waals surface area contributed by atoms with Gasteiger partial charge in [-0.3, -0.25) is 14.5 Å². The summed E-state index contributed by atoms with van der Waals surface area (Å²) in [7, 11) is 3.23. The van der Waals surface area contributed by atoms with Gasteiger partial charge < -0.3 is 28.4 Å². The second kappa shape index (κ2) is 14.4. The maximum absolute atomic E-state index is 13.8. The summed E-state index contributed by atoms with van der Waals surface area (Å²) in [5.41, 5.74) is 1.03. The van der Waals surface area contributed by atoms with Gasteiger partial charge in [-0.25, -0.2) is 0 Å². The number of methoxy groups -OCH3 is 2. The highest BCUT2D eigenvalue weighted by Gasteiger charge is 2.30. The Hall–Kier alpha value is -3.04. The van der Waals surface area contributed by atoms with E-state index in [4.69, 9.17) is 18.6 Å². The average Bonchev–Trinajstić information content (AvgIpc) is 3.65. The number of carbonyl (C=O) groups excluding carboxylic acids is 2. The van der Waals surface area contributed by atoms with Gasteiger partial charge in [-0.2, -0.15) is 0 Å².